The Morgan fingerprint density at radius 1 is 1.53 bits per heavy atom. The van der Waals surface area contributed by atoms with E-state index in [1.54, 1.807) is 6.07 Å². The smallest absolute Gasteiger partial charge is 0.256 e. The predicted molar refractivity (Wildman–Crippen MR) is 77.2 cm³/mol. The summed E-state index contributed by atoms with van der Waals surface area (Å²) < 4.78 is 0. The number of nitrogens with zero attached hydrogens (tertiary/aromatic N) is 2. The van der Waals surface area contributed by atoms with Gasteiger partial charge in [0.15, 0.2) is 0 Å². The van der Waals surface area contributed by atoms with Gasteiger partial charge in [0.05, 0.1) is 17.4 Å². The third kappa shape index (κ3) is 3.38. The van der Waals surface area contributed by atoms with Crippen LogP contribution in [0.3, 0.4) is 0 Å². The highest BCUT2D eigenvalue weighted by atomic mass is 35.5. The van der Waals surface area contributed by atoms with Crippen molar-refractivity contribution in [1.82, 2.24) is 9.88 Å². The molecule has 0 radical (unpaired) electrons. The van der Waals surface area contributed by atoms with Crippen LogP contribution < -0.4 is 5.73 Å². The molecule has 1 aliphatic rings. The van der Waals surface area contributed by atoms with Gasteiger partial charge in [0.1, 0.15) is 5.15 Å². The molecule has 1 saturated heterocycles. The summed E-state index contributed by atoms with van der Waals surface area (Å²) >= 11 is 5.83. The van der Waals surface area contributed by atoms with E-state index in [2.05, 4.69) is 11.9 Å². The molecule has 0 bridgehead atoms. The number of aromatic nitrogens is 1. The summed E-state index contributed by atoms with van der Waals surface area (Å²) in [5.74, 6) is 0.726. The van der Waals surface area contributed by atoms with Gasteiger partial charge in [0.25, 0.3) is 5.91 Å². The van der Waals surface area contributed by atoms with Gasteiger partial charge in [-0.2, -0.15) is 0 Å². The number of hydrogen-bond donors (Lipinski definition) is 1. The van der Waals surface area contributed by atoms with E-state index in [-0.39, 0.29) is 5.91 Å². The molecule has 1 amide bonds. The zero-order chi connectivity index (χ0) is 13.8. The minimum atomic E-state index is -0.0308. The van der Waals surface area contributed by atoms with Crippen LogP contribution in [-0.2, 0) is 0 Å². The van der Waals surface area contributed by atoms with Gasteiger partial charge >= 0.3 is 0 Å². The topological polar surface area (TPSA) is 59.2 Å². The molecule has 1 aliphatic heterocycles. The van der Waals surface area contributed by atoms with Gasteiger partial charge in [-0.1, -0.05) is 31.4 Å². The third-order valence-corrected chi connectivity index (χ3v) is 3.94. The van der Waals surface area contributed by atoms with Crippen molar-refractivity contribution < 1.29 is 4.79 Å². The molecule has 2 N–H and O–H groups in total. The maximum absolute atomic E-state index is 12.4. The van der Waals surface area contributed by atoms with E-state index in [1.807, 2.05) is 4.90 Å². The highest BCUT2D eigenvalue weighted by Gasteiger charge is 2.24. The fraction of sp³-hybridized carbons (Fsp3) is 0.571. The monoisotopic (exact) mass is 281 g/mol. The molecular weight excluding hydrogens is 262 g/mol. The van der Waals surface area contributed by atoms with Crippen LogP contribution in [0.4, 0.5) is 5.69 Å². The van der Waals surface area contributed by atoms with Crippen molar-refractivity contribution in [2.24, 2.45) is 5.92 Å². The SMILES string of the molecule is CCCC1CCN(C(=O)c2cc(Cl)ncc2N)CC1. The number of nitrogen functional groups attached to an aromatic ring is 1. The number of carbonyl (C=O) groups excluding carboxylic acids is 1. The molecule has 0 spiro atoms. The van der Waals surface area contributed by atoms with E-state index in [1.165, 1.54) is 19.0 Å². The van der Waals surface area contributed by atoms with Crippen LogP contribution >= 0.6 is 11.6 Å². The van der Waals surface area contributed by atoms with Crippen LogP contribution in [0, 0.1) is 5.92 Å². The highest BCUT2D eigenvalue weighted by molar-refractivity contribution is 6.29. The first-order chi connectivity index (χ1) is 9.11. The lowest BCUT2D eigenvalue weighted by molar-refractivity contribution is 0.0687. The summed E-state index contributed by atoms with van der Waals surface area (Å²) in [5, 5.41) is 0.304. The van der Waals surface area contributed by atoms with E-state index in [9.17, 15) is 4.79 Å². The average Bonchev–Trinajstić information content (AvgIpc) is 2.42. The van der Waals surface area contributed by atoms with Crippen molar-refractivity contribution >= 4 is 23.2 Å². The van der Waals surface area contributed by atoms with Crippen LogP contribution in [0.25, 0.3) is 0 Å². The van der Waals surface area contributed by atoms with Gasteiger partial charge in [0.2, 0.25) is 0 Å². The normalized spacial score (nSPS) is 16.6. The molecule has 0 unspecified atom stereocenters. The number of likely N-dealkylation sites (tertiary alicyclic amines) is 1. The molecule has 2 heterocycles. The number of anilines is 1. The van der Waals surface area contributed by atoms with Crippen molar-refractivity contribution in [3.8, 4) is 0 Å². The summed E-state index contributed by atoms with van der Waals surface area (Å²) in [7, 11) is 0. The first-order valence-electron chi connectivity index (χ1n) is 6.82. The lowest BCUT2D eigenvalue weighted by Crippen LogP contribution is -2.38. The maximum atomic E-state index is 12.4. The molecule has 5 heteroatoms. The molecule has 2 rings (SSSR count). The van der Waals surface area contributed by atoms with Crippen LogP contribution in [0.1, 0.15) is 43.0 Å². The van der Waals surface area contributed by atoms with Crippen LogP contribution in [-0.4, -0.2) is 28.9 Å². The number of rotatable bonds is 3. The number of hydrogen-bond acceptors (Lipinski definition) is 3. The number of amides is 1. The minimum absolute atomic E-state index is 0.0308. The minimum Gasteiger partial charge on any atom is -0.397 e. The largest absolute Gasteiger partial charge is 0.397 e. The summed E-state index contributed by atoms with van der Waals surface area (Å²) in [6, 6.07) is 1.55. The molecule has 0 aliphatic carbocycles. The number of nitrogens with two attached hydrogens (primary N) is 1. The number of carbonyl (C=O) groups is 1. The van der Waals surface area contributed by atoms with Crippen molar-refractivity contribution in [1.29, 1.82) is 0 Å². The van der Waals surface area contributed by atoms with Crippen molar-refractivity contribution in [3.63, 3.8) is 0 Å². The lowest BCUT2D eigenvalue weighted by Gasteiger charge is -2.32. The summed E-state index contributed by atoms with van der Waals surface area (Å²) in [4.78, 5) is 18.1. The van der Waals surface area contributed by atoms with Gasteiger partial charge in [-0.25, -0.2) is 4.98 Å². The molecule has 104 valence electrons. The Labute approximate surface area is 118 Å². The first-order valence-corrected chi connectivity index (χ1v) is 7.20. The first kappa shape index (κ1) is 14.1. The number of halogens is 1. The average molecular weight is 282 g/mol. The molecule has 1 aromatic rings. The molecule has 0 aromatic carbocycles. The molecule has 0 atom stereocenters. The summed E-state index contributed by atoms with van der Waals surface area (Å²) in [6.45, 7) is 3.82. The number of pyridine rings is 1. The summed E-state index contributed by atoms with van der Waals surface area (Å²) in [5.41, 5.74) is 6.66. The summed E-state index contributed by atoms with van der Waals surface area (Å²) in [6.07, 6.45) is 6.08. The third-order valence-electron chi connectivity index (χ3n) is 3.73. The van der Waals surface area contributed by atoms with E-state index >= 15 is 0 Å². The van der Waals surface area contributed by atoms with Gasteiger partial charge in [-0.05, 0) is 24.8 Å². The van der Waals surface area contributed by atoms with Crippen molar-refractivity contribution in [2.75, 3.05) is 18.8 Å². The molecule has 1 aromatic heterocycles. The number of piperidine rings is 1. The van der Waals surface area contributed by atoms with Crippen LogP contribution in [0.5, 0.6) is 0 Å². The van der Waals surface area contributed by atoms with E-state index in [0.29, 0.717) is 16.4 Å². The molecule has 1 fully saturated rings. The van der Waals surface area contributed by atoms with Crippen LogP contribution in [0.15, 0.2) is 12.3 Å². The zero-order valence-corrected chi connectivity index (χ0v) is 12.0. The maximum Gasteiger partial charge on any atom is 0.256 e. The molecule has 0 saturated carbocycles. The fourth-order valence-corrected chi connectivity index (χ4v) is 2.79. The lowest BCUT2D eigenvalue weighted by atomic mass is 9.92. The van der Waals surface area contributed by atoms with E-state index in [4.69, 9.17) is 17.3 Å². The molecular formula is C14H20ClN3O. The Kier molecular flexibility index (Phi) is 4.64. The van der Waals surface area contributed by atoms with Gasteiger partial charge in [-0.3, -0.25) is 4.79 Å². The van der Waals surface area contributed by atoms with Crippen LogP contribution in [0.2, 0.25) is 5.15 Å². The molecule has 4 nitrogen and oxygen atoms in total. The van der Waals surface area contributed by atoms with Crippen molar-refractivity contribution in [3.05, 3.63) is 23.0 Å². The van der Waals surface area contributed by atoms with E-state index < -0.39 is 0 Å². The highest BCUT2D eigenvalue weighted by Crippen LogP contribution is 2.24. The standard InChI is InChI=1S/C14H20ClN3O/c1-2-3-10-4-6-18(7-5-10)14(19)11-8-13(15)17-9-12(11)16/h8-10H,2-7,16H2,1H3. The quantitative estimate of drug-likeness (QED) is 0.867. The Bertz CT molecular complexity index is 456. The fourth-order valence-electron chi connectivity index (χ4n) is 2.63. The Morgan fingerprint density at radius 3 is 2.84 bits per heavy atom. The van der Waals surface area contributed by atoms with Gasteiger partial charge < -0.3 is 10.6 Å². The second-order valence-corrected chi connectivity index (χ2v) is 5.51. The second-order valence-electron chi connectivity index (χ2n) is 5.12. The predicted octanol–water partition coefficient (Wildman–Crippen LogP) is 2.97. The Morgan fingerprint density at radius 2 is 2.21 bits per heavy atom. The Hall–Kier alpha value is -1.29. The van der Waals surface area contributed by atoms with Gasteiger partial charge in [-0.15, -0.1) is 0 Å². The Balaban J connectivity index is 2.03. The second kappa shape index (κ2) is 6.24. The zero-order valence-electron chi connectivity index (χ0n) is 11.2. The molecule has 19 heavy (non-hydrogen) atoms. The van der Waals surface area contributed by atoms with Crippen molar-refractivity contribution in [2.45, 2.75) is 32.6 Å². The van der Waals surface area contributed by atoms with E-state index in [0.717, 1.165) is 31.8 Å². The van der Waals surface area contributed by atoms with Gasteiger partial charge in [0, 0.05) is 13.1 Å².